The van der Waals surface area contributed by atoms with Crippen molar-refractivity contribution < 1.29 is 13.5 Å². The van der Waals surface area contributed by atoms with E-state index in [1.165, 1.54) is 0 Å². The van der Waals surface area contributed by atoms with Gasteiger partial charge < -0.3 is 10.5 Å². The molecule has 0 aliphatic heterocycles. The predicted octanol–water partition coefficient (Wildman–Crippen LogP) is 1.17. The maximum atomic E-state index is 12.3. The van der Waals surface area contributed by atoms with E-state index in [0.29, 0.717) is 0 Å². The molecule has 0 radical (unpaired) electrons. The van der Waals surface area contributed by atoms with Gasteiger partial charge in [0.1, 0.15) is 6.61 Å². The van der Waals surface area contributed by atoms with Crippen LogP contribution in [0.2, 0.25) is 0 Å². The second kappa shape index (κ2) is 5.21. The zero-order chi connectivity index (χ0) is 8.74. The summed E-state index contributed by atoms with van der Waals surface area (Å²) in [5, 5.41) is 0. The molecule has 0 bridgehead atoms. The molecule has 0 saturated carbocycles. The lowest BCUT2D eigenvalue weighted by atomic mass is 10.4. The van der Waals surface area contributed by atoms with Crippen molar-refractivity contribution in [1.82, 2.24) is 0 Å². The van der Waals surface area contributed by atoms with Gasteiger partial charge in [-0.05, 0) is 6.92 Å². The Labute approximate surface area is 65.0 Å². The van der Waals surface area contributed by atoms with Crippen LogP contribution in [-0.4, -0.2) is 25.7 Å². The van der Waals surface area contributed by atoms with Gasteiger partial charge in [-0.25, -0.2) is 8.78 Å². The standard InChI is InChI=1S/C7H13F2NO/c1-2-3-4-11-6-7(8,9)5-10/h2-3H,4-6,10H2,1H3/b3-2+. The molecule has 0 saturated heterocycles. The van der Waals surface area contributed by atoms with Crippen LogP contribution < -0.4 is 5.73 Å². The topological polar surface area (TPSA) is 35.2 Å². The number of hydrogen-bond donors (Lipinski definition) is 1. The van der Waals surface area contributed by atoms with Crippen molar-refractivity contribution in [3.8, 4) is 0 Å². The van der Waals surface area contributed by atoms with Crippen molar-refractivity contribution in [1.29, 1.82) is 0 Å². The summed E-state index contributed by atoms with van der Waals surface area (Å²) in [5.74, 6) is -2.89. The van der Waals surface area contributed by atoms with Gasteiger partial charge in [-0.1, -0.05) is 12.2 Å². The quantitative estimate of drug-likeness (QED) is 0.490. The van der Waals surface area contributed by atoms with E-state index in [0.717, 1.165) is 0 Å². The van der Waals surface area contributed by atoms with E-state index in [1.54, 1.807) is 19.1 Å². The summed E-state index contributed by atoms with van der Waals surface area (Å²) in [6, 6.07) is 0. The molecular weight excluding hydrogens is 152 g/mol. The fourth-order valence-electron chi connectivity index (χ4n) is 0.431. The molecule has 0 aliphatic carbocycles. The molecule has 0 rings (SSSR count). The van der Waals surface area contributed by atoms with Crippen LogP contribution in [0.25, 0.3) is 0 Å². The van der Waals surface area contributed by atoms with Crippen LogP contribution in [0, 0.1) is 0 Å². The first-order valence-corrected chi connectivity index (χ1v) is 3.39. The summed E-state index contributed by atoms with van der Waals surface area (Å²) in [6.45, 7) is 0.743. The van der Waals surface area contributed by atoms with Gasteiger partial charge in [0.15, 0.2) is 0 Å². The summed E-state index contributed by atoms with van der Waals surface area (Å²) >= 11 is 0. The second-order valence-electron chi connectivity index (χ2n) is 2.14. The summed E-state index contributed by atoms with van der Waals surface area (Å²) in [6.07, 6.45) is 3.40. The van der Waals surface area contributed by atoms with E-state index < -0.39 is 19.1 Å². The molecular formula is C7H13F2NO. The largest absolute Gasteiger partial charge is 0.371 e. The third-order valence-corrected chi connectivity index (χ3v) is 1.06. The maximum absolute atomic E-state index is 12.3. The number of halogens is 2. The lowest BCUT2D eigenvalue weighted by Gasteiger charge is -2.12. The number of alkyl halides is 2. The van der Waals surface area contributed by atoms with E-state index in [2.05, 4.69) is 4.74 Å². The molecule has 0 atom stereocenters. The number of hydrogen-bond acceptors (Lipinski definition) is 2. The first-order valence-electron chi connectivity index (χ1n) is 3.39. The molecule has 0 aromatic rings. The van der Waals surface area contributed by atoms with Gasteiger partial charge in [-0.15, -0.1) is 0 Å². The fourth-order valence-corrected chi connectivity index (χ4v) is 0.431. The summed E-state index contributed by atoms with van der Waals surface area (Å²) < 4.78 is 29.2. The smallest absolute Gasteiger partial charge is 0.282 e. The number of ether oxygens (including phenoxy) is 1. The van der Waals surface area contributed by atoms with Gasteiger partial charge in [-0.3, -0.25) is 0 Å². The minimum absolute atomic E-state index is 0.214. The van der Waals surface area contributed by atoms with Crippen LogP contribution in [0.4, 0.5) is 8.78 Å². The first-order chi connectivity index (χ1) is 5.12. The molecule has 2 nitrogen and oxygen atoms in total. The van der Waals surface area contributed by atoms with Gasteiger partial charge in [0.2, 0.25) is 0 Å². The molecule has 2 N–H and O–H groups in total. The Morgan fingerprint density at radius 2 is 2.18 bits per heavy atom. The van der Waals surface area contributed by atoms with E-state index >= 15 is 0 Å². The highest BCUT2D eigenvalue weighted by Gasteiger charge is 2.26. The Hall–Kier alpha value is -0.480. The monoisotopic (exact) mass is 165 g/mol. The third kappa shape index (κ3) is 5.94. The molecule has 0 aliphatic rings. The van der Waals surface area contributed by atoms with Crippen LogP contribution in [-0.2, 0) is 4.74 Å². The molecule has 0 amide bonds. The normalized spacial score (nSPS) is 12.7. The molecule has 0 fully saturated rings. The van der Waals surface area contributed by atoms with Crippen LogP contribution in [0.5, 0.6) is 0 Å². The van der Waals surface area contributed by atoms with Crippen LogP contribution in [0.1, 0.15) is 6.92 Å². The number of rotatable bonds is 5. The van der Waals surface area contributed by atoms with Crippen LogP contribution in [0.3, 0.4) is 0 Å². The van der Waals surface area contributed by atoms with E-state index in [-0.39, 0.29) is 6.61 Å². The third-order valence-electron chi connectivity index (χ3n) is 1.06. The molecule has 4 heteroatoms. The van der Waals surface area contributed by atoms with Crippen molar-refractivity contribution >= 4 is 0 Å². The van der Waals surface area contributed by atoms with Crippen molar-refractivity contribution in [2.75, 3.05) is 19.8 Å². The molecule has 0 aromatic carbocycles. The van der Waals surface area contributed by atoms with E-state index in [1.807, 2.05) is 0 Å². The molecule has 0 aromatic heterocycles. The number of allylic oxidation sites excluding steroid dienone is 1. The predicted molar refractivity (Wildman–Crippen MR) is 39.6 cm³/mol. The van der Waals surface area contributed by atoms with Crippen molar-refractivity contribution in [3.05, 3.63) is 12.2 Å². The molecule has 66 valence electrons. The Morgan fingerprint density at radius 1 is 1.55 bits per heavy atom. The molecule has 11 heavy (non-hydrogen) atoms. The van der Waals surface area contributed by atoms with Gasteiger partial charge >= 0.3 is 0 Å². The SMILES string of the molecule is C/C=C/COCC(F)(F)CN. The number of nitrogens with two attached hydrogens (primary N) is 1. The van der Waals surface area contributed by atoms with Crippen molar-refractivity contribution in [2.24, 2.45) is 5.73 Å². The van der Waals surface area contributed by atoms with Gasteiger partial charge in [0.25, 0.3) is 5.92 Å². The summed E-state index contributed by atoms with van der Waals surface area (Å²) in [5.41, 5.74) is 4.77. The van der Waals surface area contributed by atoms with Crippen molar-refractivity contribution in [2.45, 2.75) is 12.8 Å². The summed E-state index contributed by atoms with van der Waals surface area (Å²) in [4.78, 5) is 0. The Balaban J connectivity index is 3.37. The zero-order valence-corrected chi connectivity index (χ0v) is 6.52. The van der Waals surface area contributed by atoms with Crippen LogP contribution in [0.15, 0.2) is 12.2 Å². The maximum Gasteiger partial charge on any atom is 0.282 e. The fraction of sp³-hybridized carbons (Fsp3) is 0.714. The van der Waals surface area contributed by atoms with Gasteiger partial charge in [0.05, 0.1) is 13.2 Å². The summed E-state index contributed by atoms with van der Waals surface area (Å²) in [7, 11) is 0. The minimum Gasteiger partial charge on any atom is -0.371 e. The van der Waals surface area contributed by atoms with Crippen molar-refractivity contribution in [3.63, 3.8) is 0 Å². The van der Waals surface area contributed by atoms with E-state index in [4.69, 9.17) is 5.73 Å². The first kappa shape index (κ1) is 10.5. The molecule has 0 unspecified atom stereocenters. The second-order valence-corrected chi connectivity index (χ2v) is 2.14. The van der Waals surface area contributed by atoms with Gasteiger partial charge in [0, 0.05) is 0 Å². The highest BCUT2D eigenvalue weighted by Crippen LogP contribution is 2.10. The molecule has 0 spiro atoms. The Bertz CT molecular complexity index is 126. The molecule has 0 heterocycles. The minimum atomic E-state index is -2.89. The Kier molecular flexibility index (Phi) is 4.98. The lowest BCUT2D eigenvalue weighted by molar-refractivity contribution is -0.0634. The highest BCUT2D eigenvalue weighted by atomic mass is 19.3. The van der Waals surface area contributed by atoms with Crippen LogP contribution >= 0.6 is 0 Å². The Morgan fingerprint density at radius 3 is 2.64 bits per heavy atom. The average molecular weight is 165 g/mol. The highest BCUT2D eigenvalue weighted by molar-refractivity contribution is 4.76. The zero-order valence-electron chi connectivity index (χ0n) is 6.52. The van der Waals surface area contributed by atoms with E-state index in [9.17, 15) is 8.78 Å². The van der Waals surface area contributed by atoms with Gasteiger partial charge in [-0.2, -0.15) is 0 Å². The average Bonchev–Trinajstić information content (AvgIpc) is 1.99. The lowest BCUT2D eigenvalue weighted by Crippen LogP contribution is -2.33.